The van der Waals surface area contributed by atoms with Crippen LogP contribution in [0.25, 0.3) is 0 Å². The van der Waals surface area contributed by atoms with Gasteiger partial charge in [-0.15, -0.1) is 0 Å². The Morgan fingerprint density at radius 1 is 1.33 bits per heavy atom. The van der Waals surface area contributed by atoms with E-state index in [1.807, 2.05) is 31.3 Å². The van der Waals surface area contributed by atoms with Crippen LogP contribution < -0.4 is 15.4 Å². The molecule has 0 aromatic heterocycles. The first-order chi connectivity index (χ1) is 11.6. The molecule has 2 aliphatic rings. The number of hydrogen-bond donors (Lipinski definition) is 2. The van der Waals surface area contributed by atoms with Gasteiger partial charge in [0, 0.05) is 19.7 Å². The highest BCUT2D eigenvalue weighted by molar-refractivity contribution is 5.89. The molecule has 6 heteroatoms. The third-order valence-corrected chi connectivity index (χ3v) is 5.09. The van der Waals surface area contributed by atoms with E-state index in [9.17, 15) is 9.59 Å². The minimum atomic E-state index is -0.439. The number of hydrogen-bond acceptors (Lipinski definition) is 4. The van der Waals surface area contributed by atoms with E-state index in [-0.39, 0.29) is 24.6 Å². The van der Waals surface area contributed by atoms with E-state index < -0.39 is 5.54 Å². The molecule has 0 unspecified atom stereocenters. The molecule has 130 valence electrons. The molecule has 2 fully saturated rings. The minimum absolute atomic E-state index is 0.0387. The lowest BCUT2D eigenvalue weighted by atomic mass is 9.82. The Morgan fingerprint density at radius 2 is 2.04 bits per heavy atom. The van der Waals surface area contributed by atoms with E-state index in [0.717, 1.165) is 31.2 Å². The van der Waals surface area contributed by atoms with Gasteiger partial charge in [0.05, 0.1) is 5.54 Å². The standard InChI is InChI=1S/C18H25N3O3/c1-19-15(22)12-24-14-9-5-4-8-13(14)16-20-18(17(23)21(16)2)10-6-3-7-11-18/h4-5,8-9,16,20H,3,6-7,10-12H2,1-2H3,(H,19,22)/t16-/m1/s1. The number of likely N-dealkylation sites (N-methyl/N-ethyl adjacent to an activating group) is 2. The molecule has 3 rings (SSSR count). The average molecular weight is 331 g/mol. The van der Waals surface area contributed by atoms with Crippen molar-refractivity contribution in [2.75, 3.05) is 20.7 Å². The fourth-order valence-electron chi connectivity index (χ4n) is 3.73. The van der Waals surface area contributed by atoms with Gasteiger partial charge in [-0.05, 0) is 18.9 Å². The van der Waals surface area contributed by atoms with Crippen LogP contribution in [0.15, 0.2) is 24.3 Å². The lowest BCUT2D eigenvalue weighted by molar-refractivity contribution is -0.133. The van der Waals surface area contributed by atoms with Crippen molar-refractivity contribution in [1.82, 2.24) is 15.5 Å². The number of carbonyl (C=O) groups excluding carboxylic acids is 2. The number of nitrogens with zero attached hydrogens (tertiary/aromatic N) is 1. The number of rotatable bonds is 4. The maximum atomic E-state index is 12.8. The van der Waals surface area contributed by atoms with Crippen molar-refractivity contribution >= 4 is 11.8 Å². The average Bonchev–Trinajstić information content (AvgIpc) is 2.86. The first-order valence-corrected chi connectivity index (χ1v) is 8.55. The third-order valence-electron chi connectivity index (χ3n) is 5.09. The lowest BCUT2D eigenvalue weighted by Crippen LogP contribution is -2.48. The molecule has 1 saturated carbocycles. The summed E-state index contributed by atoms with van der Waals surface area (Å²) in [5.41, 5.74) is 0.450. The van der Waals surface area contributed by atoms with Gasteiger partial charge in [-0.25, -0.2) is 0 Å². The van der Waals surface area contributed by atoms with E-state index >= 15 is 0 Å². The second-order valence-corrected chi connectivity index (χ2v) is 6.61. The van der Waals surface area contributed by atoms with Crippen molar-refractivity contribution in [2.24, 2.45) is 0 Å². The van der Waals surface area contributed by atoms with Crippen molar-refractivity contribution < 1.29 is 14.3 Å². The highest BCUT2D eigenvalue weighted by atomic mass is 16.5. The minimum Gasteiger partial charge on any atom is -0.483 e. The van der Waals surface area contributed by atoms with Crippen LogP contribution in [-0.4, -0.2) is 43.0 Å². The zero-order valence-corrected chi connectivity index (χ0v) is 14.3. The first-order valence-electron chi connectivity index (χ1n) is 8.55. The molecule has 1 saturated heterocycles. The molecule has 1 aromatic carbocycles. The number of amides is 2. The lowest BCUT2D eigenvalue weighted by Gasteiger charge is -2.31. The van der Waals surface area contributed by atoms with E-state index in [4.69, 9.17) is 4.74 Å². The summed E-state index contributed by atoms with van der Waals surface area (Å²) < 4.78 is 5.67. The summed E-state index contributed by atoms with van der Waals surface area (Å²) in [6.07, 6.45) is 4.89. The van der Waals surface area contributed by atoms with Gasteiger partial charge in [0.1, 0.15) is 11.9 Å². The summed E-state index contributed by atoms with van der Waals surface area (Å²) in [6.45, 7) is -0.0387. The smallest absolute Gasteiger partial charge is 0.257 e. The zero-order valence-electron chi connectivity index (χ0n) is 14.3. The predicted molar refractivity (Wildman–Crippen MR) is 90.5 cm³/mol. The van der Waals surface area contributed by atoms with Crippen molar-refractivity contribution in [2.45, 2.75) is 43.8 Å². The molecule has 2 N–H and O–H groups in total. The molecule has 0 bridgehead atoms. The van der Waals surface area contributed by atoms with Gasteiger partial charge in [0.25, 0.3) is 5.91 Å². The quantitative estimate of drug-likeness (QED) is 0.879. The molecule has 0 radical (unpaired) electrons. The Balaban J connectivity index is 1.83. The van der Waals surface area contributed by atoms with Crippen LogP contribution in [0.3, 0.4) is 0 Å². The Kier molecular flexibility index (Phi) is 4.76. The Labute approximate surface area is 142 Å². The van der Waals surface area contributed by atoms with Gasteiger partial charge < -0.3 is 15.0 Å². The molecule has 2 amide bonds. The summed E-state index contributed by atoms with van der Waals surface area (Å²) >= 11 is 0. The summed E-state index contributed by atoms with van der Waals surface area (Å²) in [5, 5.41) is 6.10. The molecule has 1 atom stereocenters. The second-order valence-electron chi connectivity index (χ2n) is 6.61. The fraction of sp³-hybridized carbons (Fsp3) is 0.556. The first kappa shape index (κ1) is 16.8. The number of benzene rings is 1. The Hall–Kier alpha value is -2.08. The molecule has 1 aliphatic heterocycles. The van der Waals surface area contributed by atoms with Gasteiger partial charge in [-0.2, -0.15) is 0 Å². The summed E-state index contributed by atoms with van der Waals surface area (Å²) in [5.74, 6) is 0.608. The van der Waals surface area contributed by atoms with Crippen molar-refractivity contribution in [3.05, 3.63) is 29.8 Å². The van der Waals surface area contributed by atoms with Gasteiger partial charge >= 0.3 is 0 Å². The summed E-state index contributed by atoms with van der Waals surface area (Å²) in [7, 11) is 3.41. The van der Waals surface area contributed by atoms with E-state index in [1.165, 1.54) is 6.42 Å². The van der Waals surface area contributed by atoms with Gasteiger partial charge in [-0.3, -0.25) is 14.9 Å². The largest absolute Gasteiger partial charge is 0.483 e. The van der Waals surface area contributed by atoms with Crippen LogP contribution in [0.2, 0.25) is 0 Å². The molecule has 6 nitrogen and oxygen atoms in total. The SMILES string of the molecule is CNC(=O)COc1ccccc1[C@@H]1NC2(CCCCC2)C(=O)N1C. The van der Waals surface area contributed by atoms with Crippen LogP contribution in [-0.2, 0) is 9.59 Å². The Morgan fingerprint density at radius 3 is 2.75 bits per heavy atom. The number of nitrogens with one attached hydrogen (secondary N) is 2. The summed E-state index contributed by atoms with van der Waals surface area (Å²) in [6, 6.07) is 7.58. The molecule has 1 aliphatic carbocycles. The van der Waals surface area contributed by atoms with Crippen LogP contribution in [0.4, 0.5) is 0 Å². The Bertz CT molecular complexity index is 626. The number of carbonyl (C=O) groups is 2. The molecular formula is C18H25N3O3. The maximum absolute atomic E-state index is 12.8. The predicted octanol–water partition coefficient (Wildman–Crippen LogP) is 1.57. The molecule has 24 heavy (non-hydrogen) atoms. The third kappa shape index (κ3) is 2.98. The van der Waals surface area contributed by atoms with E-state index in [2.05, 4.69) is 10.6 Å². The molecular weight excluding hydrogens is 306 g/mol. The van der Waals surface area contributed by atoms with Crippen molar-refractivity contribution in [3.63, 3.8) is 0 Å². The number of ether oxygens (including phenoxy) is 1. The van der Waals surface area contributed by atoms with Crippen LogP contribution in [0, 0.1) is 0 Å². The molecule has 1 spiro atoms. The molecule has 1 heterocycles. The van der Waals surface area contributed by atoms with E-state index in [0.29, 0.717) is 5.75 Å². The van der Waals surface area contributed by atoms with E-state index in [1.54, 1.807) is 11.9 Å². The second kappa shape index (κ2) is 6.81. The highest BCUT2D eigenvalue weighted by Crippen LogP contribution is 2.40. The monoisotopic (exact) mass is 331 g/mol. The van der Waals surface area contributed by atoms with Gasteiger partial charge in [0.15, 0.2) is 6.61 Å². The van der Waals surface area contributed by atoms with Crippen molar-refractivity contribution in [1.29, 1.82) is 0 Å². The fourth-order valence-corrected chi connectivity index (χ4v) is 3.73. The normalized spacial score (nSPS) is 22.7. The van der Waals surface area contributed by atoms with Crippen molar-refractivity contribution in [3.8, 4) is 5.75 Å². The van der Waals surface area contributed by atoms with Crippen LogP contribution in [0.5, 0.6) is 5.75 Å². The molecule has 1 aromatic rings. The summed E-state index contributed by atoms with van der Waals surface area (Å²) in [4.78, 5) is 26.1. The topological polar surface area (TPSA) is 70.7 Å². The van der Waals surface area contributed by atoms with Crippen LogP contribution >= 0.6 is 0 Å². The zero-order chi connectivity index (χ0) is 17.2. The number of para-hydroxylation sites is 1. The maximum Gasteiger partial charge on any atom is 0.257 e. The van der Waals surface area contributed by atoms with Gasteiger partial charge in [-0.1, -0.05) is 37.5 Å². The van der Waals surface area contributed by atoms with Crippen LogP contribution in [0.1, 0.15) is 43.8 Å². The highest BCUT2D eigenvalue weighted by Gasteiger charge is 2.50. The van der Waals surface area contributed by atoms with Gasteiger partial charge in [0.2, 0.25) is 5.91 Å².